The Morgan fingerprint density at radius 2 is 1.50 bits per heavy atom. The van der Waals surface area contributed by atoms with Crippen molar-refractivity contribution in [1.82, 2.24) is 4.90 Å². The van der Waals surface area contributed by atoms with Crippen LogP contribution in [0.25, 0.3) is 0 Å². The molecule has 0 amide bonds. The maximum Gasteiger partial charge on any atom is 0.168 e. The first-order chi connectivity index (χ1) is 14.1. The Kier molecular flexibility index (Phi) is 9.95. The van der Waals surface area contributed by atoms with Crippen molar-refractivity contribution < 1.29 is 9.53 Å². The standard InChI is InChI=1S/C25H27NO2S.ClH/c1-26(2)17-22(19-29-24-11-7-4-8-12-24)25(27)21-13-15-23(16-14-21)28-18-20-9-5-3-6-10-20;/h3-16,22H,17-19H2,1-2H3;1H. The summed E-state index contributed by atoms with van der Waals surface area (Å²) in [5.74, 6) is 1.64. The van der Waals surface area contributed by atoms with Crippen molar-refractivity contribution in [3.8, 4) is 5.75 Å². The van der Waals surface area contributed by atoms with E-state index in [4.69, 9.17) is 4.74 Å². The Morgan fingerprint density at radius 3 is 2.10 bits per heavy atom. The molecule has 0 aliphatic carbocycles. The third kappa shape index (κ3) is 7.52. The van der Waals surface area contributed by atoms with E-state index in [0.717, 1.165) is 29.2 Å². The zero-order valence-corrected chi connectivity index (χ0v) is 19.0. The highest BCUT2D eigenvalue weighted by Gasteiger charge is 2.21. The molecule has 0 spiro atoms. The van der Waals surface area contributed by atoms with Crippen molar-refractivity contribution in [2.45, 2.75) is 11.5 Å². The SMILES string of the molecule is CN(C)CC(CSc1ccccc1)C(=O)c1ccc(OCc2ccccc2)cc1.Cl. The Balaban J connectivity index is 0.00000320. The number of benzene rings is 3. The molecule has 3 aromatic carbocycles. The van der Waals surface area contributed by atoms with E-state index in [-0.39, 0.29) is 24.1 Å². The molecule has 1 atom stereocenters. The summed E-state index contributed by atoms with van der Waals surface area (Å²) in [5.41, 5.74) is 1.86. The van der Waals surface area contributed by atoms with Crippen molar-refractivity contribution in [2.75, 3.05) is 26.4 Å². The second kappa shape index (κ2) is 12.4. The normalized spacial score (nSPS) is 11.6. The molecule has 0 heterocycles. The molecule has 0 bridgehead atoms. The van der Waals surface area contributed by atoms with E-state index >= 15 is 0 Å². The maximum atomic E-state index is 13.1. The molecule has 30 heavy (non-hydrogen) atoms. The van der Waals surface area contributed by atoms with Gasteiger partial charge in [-0.1, -0.05) is 48.5 Å². The van der Waals surface area contributed by atoms with E-state index in [2.05, 4.69) is 17.0 Å². The van der Waals surface area contributed by atoms with Crippen LogP contribution in [-0.4, -0.2) is 37.1 Å². The van der Waals surface area contributed by atoms with E-state index in [1.807, 2.05) is 86.9 Å². The number of carbonyl (C=O) groups is 1. The molecule has 0 saturated heterocycles. The van der Waals surface area contributed by atoms with Gasteiger partial charge in [-0.2, -0.15) is 0 Å². The van der Waals surface area contributed by atoms with Gasteiger partial charge in [-0.25, -0.2) is 0 Å². The van der Waals surface area contributed by atoms with Crippen LogP contribution in [0, 0.1) is 5.92 Å². The van der Waals surface area contributed by atoms with Gasteiger partial charge in [-0.05, 0) is 56.1 Å². The predicted octanol–water partition coefficient (Wildman–Crippen LogP) is 5.84. The summed E-state index contributed by atoms with van der Waals surface area (Å²) < 4.78 is 5.83. The van der Waals surface area contributed by atoms with Crippen LogP contribution >= 0.6 is 24.2 Å². The lowest BCUT2D eigenvalue weighted by atomic mass is 9.99. The van der Waals surface area contributed by atoms with Gasteiger partial charge in [0.1, 0.15) is 12.4 Å². The van der Waals surface area contributed by atoms with E-state index in [1.54, 1.807) is 11.8 Å². The van der Waals surface area contributed by atoms with Gasteiger partial charge in [0, 0.05) is 28.7 Å². The topological polar surface area (TPSA) is 29.5 Å². The molecule has 0 aliphatic heterocycles. The molecule has 3 rings (SSSR count). The molecule has 5 heteroatoms. The highest BCUT2D eigenvalue weighted by molar-refractivity contribution is 7.99. The van der Waals surface area contributed by atoms with Crippen LogP contribution in [0.15, 0.2) is 89.8 Å². The van der Waals surface area contributed by atoms with E-state index < -0.39 is 0 Å². The van der Waals surface area contributed by atoms with Crippen LogP contribution in [0.3, 0.4) is 0 Å². The van der Waals surface area contributed by atoms with Crippen molar-refractivity contribution in [3.05, 3.63) is 96.1 Å². The molecule has 158 valence electrons. The van der Waals surface area contributed by atoms with Crippen LogP contribution in [0.1, 0.15) is 15.9 Å². The molecule has 0 fully saturated rings. The molecule has 3 aromatic rings. The number of ketones is 1. The molecule has 0 aliphatic rings. The third-order valence-electron chi connectivity index (χ3n) is 4.54. The Labute approximate surface area is 189 Å². The molecule has 0 N–H and O–H groups in total. The number of Topliss-reactive ketones (excluding diaryl/α,β-unsaturated/α-hetero) is 1. The van der Waals surface area contributed by atoms with Crippen molar-refractivity contribution >= 4 is 30.0 Å². The Bertz CT molecular complexity index is 886. The first kappa shape index (κ1) is 24.0. The largest absolute Gasteiger partial charge is 0.489 e. The van der Waals surface area contributed by atoms with Crippen LogP contribution < -0.4 is 4.74 Å². The molecule has 0 radical (unpaired) electrons. The fraction of sp³-hybridized carbons (Fsp3) is 0.240. The van der Waals surface area contributed by atoms with Gasteiger partial charge in [0.2, 0.25) is 0 Å². The quantitative estimate of drug-likeness (QED) is 0.292. The van der Waals surface area contributed by atoms with Gasteiger partial charge in [0.15, 0.2) is 5.78 Å². The highest BCUT2D eigenvalue weighted by Crippen LogP contribution is 2.24. The number of halogens is 1. The summed E-state index contributed by atoms with van der Waals surface area (Å²) in [4.78, 5) is 16.4. The second-order valence-corrected chi connectivity index (χ2v) is 8.34. The lowest BCUT2D eigenvalue weighted by Crippen LogP contribution is -2.29. The van der Waals surface area contributed by atoms with Crippen molar-refractivity contribution in [2.24, 2.45) is 5.92 Å². The number of hydrogen-bond donors (Lipinski definition) is 0. The molecular formula is C25H28ClNO2S. The summed E-state index contributed by atoms with van der Waals surface area (Å²) in [7, 11) is 4.02. The monoisotopic (exact) mass is 441 g/mol. The summed E-state index contributed by atoms with van der Waals surface area (Å²) in [6, 6.07) is 27.8. The number of carbonyl (C=O) groups excluding carboxylic acids is 1. The number of rotatable bonds is 10. The van der Waals surface area contributed by atoms with Gasteiger partial charge in [-0.15, -0.1) is 24.2 Å². The average molecular weight is 442 g/mol. The smallest absolute Gasteiger partial charge is 0.168 e. The number of nitrogens with zero attached hydrogens (tertiary/aromatic N) is 1. The molecule has 1 unspecified atom stereocenters. The van der Waals surface area contributed by atoms with Crippen LogP contribution in [-0.2, 0) is 6.61 Å². The minimum Gasteiger partial charge on any atom is -0.489 e. The van der Waals surface area contributed by atoms with Gasteiger partial charge in [0.05, 0.1) is 0 Å². The van der Waals surface area contributed by atoms with E-state index in [1.165, 1.54) is 4.90 Å². The molecule has 3 nitrogen and oxygen atoms in total. The van der Waals surface area contributed by atoms with Gasteiger partial charge in [0.25, 0.3) is 0 Å². The zero-order valence-electron chi connectivity index (χ0n) is 17.4. The minimum atomic E-state index is -0.0636. The van der Waals surface area contributed by atoms with Gasteiger partial charge >= 0.3 is 0 Å². The first-order valence-corrected chi connectivity index (χ1v) is 10.7. The minimum absolute atomic E-state index is 0. The summed E-state index contributed by atoms with van der Waals surface area (Å²) in [6.45, 7) is 1.25. The van der Waals surface area contributed by atoms with Crippen molar-refractivity contribution in [1.29, 1.82) is 0 Å². The lowest BCUT2D eigenvalue weighted by Gasteiger charge is -2.20. The Hall–Kier alpha value is -2.27. The number of hydrogen-bond acceptors (Lipinski definition) is 4. The Morgan fingerprint density at radius 1 is 0.900 bits per heavy atom. The molecule has 0 aromatic heterocycles. The zero-order chi connectivity index (χ0) is 20.5. The fourth-order valence-corrected chi connectivity index (χ4v) is 4.06. The molecular weight excluding hydrogens is 414 g/mol. The second-order valence-electron chi connectivity index (χ2n) is 7.25. The lowest BCUT2D eigenvalue weighted by molar-refractivity contribution is 0.0913. The predicted molar refractivity (Wildman–Crippen MR) is 128 cm³/mol. The summed E-state index contributed by atoms with van der Waals surface area (Å²) in [5, 5.41) is 0. The van der Waals surface area contributed by atoms with Crippen LogP contribution in [0.4, 0.5) is 0 Å². The third-order valence-corrected chi connectivity index (χ3v) is 5.71. The van der Waals surface area contributed by atoms with E-state index in [0.29, 0.717) is 6.61 Å². The van der Waals surface area contributed by atoms with Gasteiger partial charge < -0.3 is 9.64 Å². The molecule has 0 saturated carbocycles. The van der Waals surface area contributed by atoms with Crippen LogP contribution in [0.5, 0.6) is 5.75 Å². The van der Waals surface area contributed by atoms with Crippen LogP contribution in [0.2, 0.25) is 0 Å². The highest BCUT2D eigenvalue weighted by atomic mass is 35.5. The summed E-state index contributed by atoms with van der Waals surface area (Å²) in [6.07, 6.45) is 0. The van der Waals surface area contributed by atoms with Crippen molar-refractivity contribution in [3.63, 3.8) is 0 Å². The first-order valence-electron chi connectivity index (χ1n) is 9.75. The van der Waals surface area contributed by atoms with E-state index in [9.17, 15) is 4.79 Å². The number of thioether (sulfide) groups is 1. The maximum absolute atomic E-state index is 13.1. The fourth-order valence-electron chi connectivity index (χ4n) is 3.06. The average Bonchev–Trinajstić information content (AvgIpc) is 2.76. The van der Waals surface area contributed by atoms with Gasteiger partial charge in [-0.3, -0.25) is 4.79 Å². The number of ether oxygens (including phenoxy) is 1. The summed E-state index contributed by atoms with van der Waals surface area (Å²) >= 11 is 1.73.